The predicted molar refractivity (Wildman–Crippen MR) is 44.1 cm³/mol. The Morgan fingerprint density at radius 2 is 1.20 bits per heavy atom. The third-order valence-corrected chi connectivity index (χ3v) is 0.744. The van der Waals surface area contributed by atoms with Gasteiger partial charge in [0.15, 0.2) is 0 Å². The standard InChI is InChI=1S/C4H8O2.2C2H6/c1-2-5-4-6-3-1;2*1-2/h1-4H2;2*1-2H3. The molecule has 0 aromatic carbocycles. The Balaban J connectivity index is 0. The Hall–Kier alpha value is -0.0800. The molecule has 0 saturated carbocycles. The van der Waals surface area contributed by atoms with Crippen LogP contribution in [0.1, 0.15) is 34.1 Å². The zero-order valence-electron chi connectivity index (χ0n) is 7.64. The molecule has 1 aliphatic rings. The highest BCUT2D eigenvalue weighted by Crippen LogP contribution is 1.91. The van der Waals surface area contributed by atoms with Crippen LogP contribution in [0, 0.1) is 0 Å². The van der Waals surface area contributed by atoms with E-state index in [0.29, 0.717) is 6.79 Å². The third-order valence-electron chi connectivity index (χ3n) is 0.744. The Morgan fingerprint density at radius 3 is 1.30 bits per heavy atom. The largest absolute Gasteiger partial charge is 0.355 e. The Kier molecular flexibility index (Phi) is 20.1. The summed E-state index contributed by atoms with van der Waals surface area (Å²) < 4.78 is 9.69. The van der Waals surface area contributed by atoms with Crippen molar-refractivity contribution in [1.82, 2.24) is 0 Å². The zero-order valence-corrected chi connectivity index (χ0v) is 7.64. The van der Waals surface area contributed by atoms with Crippen LogP contribution in [0.4, 0.5) is 0 Å². The van der Waals surface area contributed by atoms with Gasteiger partial charge in [-0.1, -0.05) is 27.7 Å². The minimum Gasteiger partial charge on any atom is -0.355 e. The van der Waals surface area contributed by atoms with Gasteiger partial charge in [-0.25, -0.2) is 0 Å². The molecule has 2 nitrogen and oxygen atoms in total. The maximum Gasteiger partial charge on any atom is 0.146 e. The first kappa shape index (κ1) is 12.6. The monoisotopic (exact) mass is 148 g/mol. The van der Waals surface area contributed by atoms with Gasteiger partial charge in [-0.05, 0) is 6.42 Å². The summed E-state index contributed by atoms with van der Waals surface area (Å²) in [5.74, 6) is 0. The summed E-state index contributed by atoms with van der Waals surface area (Å²) in [7, 11) is 0. The highest BCUT2D eigenvalue weighted by atomic mass is 16.7. The van der Waals surface area contributed by atoms with E-state index < -0.39 is 0 Å². The molecule has 1 heterocycles. The number of ether oxygens (including phenoxy) is 2. The maximum atomic E-state index is 4.85. The fourth-order valence-corrected chi connectivity index (χ4v) is 0.440. The van der Waals surface area contributed by atoms with Crippen LogP contribution >= 0.6 is 0 Å². The van der Waals surface area contributed by atoms with Gasteiger partial charge in [-0.2, -0.15) is 0 Å². The van der Waals surface area contributed by atoms with E-state index in [0.717, 1.165) is 19.6 Å². The second-order valence-electron chi connectivity index (χ2n) is 1.29. The van der Waals surface area contributed by atoms with Gasteiger partial charge in [0, 0.05) is 0 Å². The lowest BCUT2D eigenvalue weighted by atomic mass is 10.5. The van der Waals surface area contributed by atoms with Crippen molar-refractivity contribution in [1.29, 1.82) is 0 Å². The van der Waals surface area contributed by atoms with Crippen molar-refractivity contribution in [2.24, 2.45) is 0 Å². The quantitative estimate of drug-likeness (QED) is 0.525. The summed E-state index contributed by atoms with van der Waals surface area (Å²) in [6.45, 7) is 10.2. The molecule has 1 saturated heterocycles. The molecule has 64 valence electrons. The van der Waals surface area contributed by atoms with Gasteiger partial charge in [0.25, 0.3) is 0 Å². The van der Waals surface area contributed by atoms with Gasteiger partial charge in [-0.15, -0.1) is 0 Å². The van der Waals surface area contributed by atoms with Crippen molar-refractivity contribution in [3.63, 3.8) is 0 Å². The van der Waals surface area contributed by atoms with E-state index in [1.54, 1.807) is 0 Å². The highest BCUT2D eigenvalue weighted by Gasteiger charge is 1.94. The van der Waals surface area contributed by atoms with Crippen molar-refractivity contribution in [3.05, 3.63) is 0 Å². The van der Waals surface area contributed by atoms with Gasteiger partial charge < -0.3 is 9.47 Å². The lowest BCUT2D eigenvalue weighted by Gasteiger charge is -2.09. The molecule has 0 atom stereocenters. The van der Waals surface area contributed by atoms with Gasteiger partial charge in [0.05, 0.1) is 13.2 Å². The summed E-state index contributed by atoms with van der Waals surface area (Å²) >= 11 is 0. The molecule has 0 amide bonds. The molecule has 1 fully saturated rings. The van der Waals surface area contributed by atoms with Gasteiger partial charge in [0.1, 0.15) is 6.79 Å². The molecule has 10 heavy (non-hydrogen) atoms. The van der Waals surface area contributed by atoms with Crippen molar-refractivity contribution in [2.75, 3.05) is 20.0 Å². The van der Waals surface area contributed by atoms with E-state index in [2.05, 4.69) is 0 Å². The van der Waals surface area contributed by atoms with Crippen molar-refractivity contribution >= 4 is 0 Å². The van der Waals surface area contributed by atoms with E-state index in [4.69, 9.17) is 9.47 Å². The van der Waals surface area contributed by atoms with Crippen LogP contribution in [-0.2, 0) is 9.47 Å². The Morgan fingerprint density at radius 1 is 0.800 bits per heavy atom. The highest BCUT2D eigenvalue weighted by molar-refractivity contribution is 4.34. The number of rotatable bonds is 0. The van der Waals surface area contributed by atoms with Crippen molar-refractivity contribution in [3.8, 4) is 0 Å². The molecule has 0 N–H and O–H groups in total. The maximum absolute atomic E-state index is 4.85. The summed E-state index contributed by atoms with van der Waals surface area (Å²) in [6.07, 6.45) is 1.06. The smallest absolute Gasteiger partial charge is 0.146 e. The van der Waals surface area contributed by atoms with E-state index >= 15 is 0 Å². The second-order valence-corrected chi connectivity index (χ2v) is 1.29. The minimum absolute atomic E-state index is 0.500. The van der Waals surface area contributed by atoms with E-state index in [1.807, 2.05) is 27.7 Å². The molecule has 0 aliphatic carbocycles. The molecule has 1 aliphatic heterocycles. The Bertz CT molecular complexity index is 22.7. The van der Waals surface area contributed by atoms with Gasteiger partial charge in [0.2, 0.25) is 0 Å². The molecular formula is C8H20O2. The molecule has 0 aromatic heterocycles. The fourth-order valence-electron chi connectivity index (χ4n) is 0.440. The van der Waals surface area contributed by atoms with Crippen molar-refractivity contribution < 1.29 is 9.47 Å². The first-order chi connectivity index (χ1) is 5.00. The average molecular weight is 148 g/mol. The summed E-state index contributed by atoms with van der Waals surface area (Å²) in [6, 6.07) is 0. The number of hydrogen-bond acceptors (Lipinski definition) is 2. The van der Waals surface area contributed by atoms with Gasteiger partial charge in [-0.3, -0.25) is 0 Å². The van der Waals surface area contributed by atoms with Crippen LogP contribution in [0.2, 0.25) is 0 Å². The SMILES string of the molecule is C1COCOC1.CC.CC. The van der Waals surface area contributed by atoms with Gasteiger partial charge >= 0.3 is 0 Å². The fraction of sp³-hybridized carbons (Fsp3) is 1.00. The van der Waals surface area contributed by atoms with E-state index in [9.17, 15) is 0 Å². The molecule has 2 heteroatoms. The topological polar surface area (TPSA) is 18.5 Å². The van der Waals surface area contributed by atoms with E-state index in [-0.39, 0.29) is 0 Å². The first-order valence-corrected chi connectivity index (χ1v) is 4.15. The molecular weight excluding hydrogens is 128 g/mol. The number of hydrogen-bond donors (Lipinski definition) is 0. The predicted octanol–water partition coefficient (Wildman–Crippen LogP) is 2.43. The minimum atomic E-state index is 0.500. The molecule has 0 bridgehead atoms. The molecule has 0 radical (unpaired) electrons. The first-order valence-electron chi connectivity index (χ1n) is 4.15. The molecule has 0 unspecified atom stereocenters. The molecule has 0 aromatic rings. The molecule has 1 rings (SSSR count). The third kappa shape index (κ3) is 10.8. The Labute approximate surface area is 64.5 Å². The average Bonchev–Trinajstić information content (AvgIpc) is 2.14. The lowest BCUT2D eigenvalue weighted by molar-refractivity contribution is -0.0963. The van der Waals surface area contributed by atoms with Crippen molar-refractivity contribution in [2.45, 2.75) is 34.1 Å². The van der Waals surface area contributed by atoms with Crippen LogP contribution in [0.5, 0.6) is 0 Å². The van der Waals surface area contributed by atoms with Crippen LogP contribution in [-0.4, -0.2) is 20.0 Å². The van der Waals surface area contributed by atoms with E-state index in [1.165, 1.54) is 0 Å². The summed E-state index contributed by atoms with van der Waals surface area (Å²) in [4.78, 5) is 0. The van der Waals surface area contributed by atoms with Crippen LogP contribution in [0.3, 0.4) is 0 Å². The second kappa shape index (κ2) is 16.0. The lowest BCUT2D eigenvalue weighted by Crippen LogP contribution is -2.11. The summed E-state index contributed by atoms with van der Waals surface area (Å²) in [5, 5.41) is 0. The zero-order chi connectivity index (χ0) is 8.24. The van der Waals surface area contributed by atoms with Crippen LogP contribution in [0.15, 0.2) is 0 Å². The van der Waals surface area contributed by atoms with Crippen LogP contribution in [0.25, 0.3) is 0 Å². The normalized spacial score (nSPS) is 15.6. The molecule has 0 spiro atoms. The van der Waals surface area contributed by atoms with Crippen LogP contribution < -0.4 is 0 Å². The summed E-state index contributed by atoms with van der Waals surface area (Å²) in [5.41, 5.74) is 0.